The van der Waals surface area contributed by atoms with Gasteiger partial charge in [-0.3, -0.25) is 4.90 Å². The second kappa shape index (κ2) is 7.61. The Morgan fingerprint density at radius 2 is 1.37 bits per heavy atom. The molecule has 3 aromatic carbocycles. The summed E-state index contributed by atoms with van der Waals surface area (Å²) in [7, 11) is 0. The van der Waals surface area contributed by atoms with Crippen LogP contribution < -0.4 is 5.32 Å². The number of hydrogen-bond acceptors (Lipinski definition) is 2. The van der Waals surface area contributed by atoms with Crippen LogP contribution in [0.25, 0.3) is 21.5 Å². The molecule has 0 radical (unpaired) electrons. The number of fused-ring (bicyclic) bond motifs is 2. The monoisotopic (exact) mass is 358 g/mol. The van der Waals surface area contributed by atoms with E-state index in [2.05, 4.69) is 64.8 Å². The summed E-state index contributed by atoms with van der Waals surface area (Å²) in [5, 5.41) is 9.26. The zero-order chi connectivity index (χ0) is 18.1. The van der Waals surface area contributed by atoms with Crippen LogP contribution >= 0.6 is 0 Å². The van der Waals surface area contributed by atoms with Crippen molar-refractivity contribution < 1.29 is 0 Å². The molecule has 0 aromatic heterocycles. The van der Waals surface area contributed by atoms with Gasteiger partial charge in [0.2, 0.25) is 0 Å². The third-order valence-electron chi connectivity index (χ3n) is 6.75. The van der Waals surface area contributed by atoms with Gasteiger partial charge in [0, 0.05) is 32.2 Å². The van der Waals surface area contributed by atoms with Crippen molar-refractivity contribution in [3.05, 3.63) is 60.2 Å². The molecule has 1 heterocycles. The first kappa shape index (κ1) is 17.2. The first-order chi connectivity index (χ1) is 13.4. The van der Waals surface area contributed by atoms with Crippen LogP contribution in [0.1, 0.15) is 43.7 Å². The van der Waals surface area contributed by atoms with Gasteiger partial charge in [-0.15, -0.1) is 0 Å². The number of nitrogens with one attached hydrogen (secondary N) is 1. The third kappa shape index (κ3) is 3.26. The normalized spacial score (nSPS) is 20.9. The van der Waals surface area contributed by atoms with Crippen molar-refractivity contribution in [2.45, 2.75) is 38.1 Å². The topological polar surface area (TPSA) is 15.3 Å². The predicted molar refractivity (Wildman–Crippen MR) is 115 cm³/mol. The van der Waals surface area contributed by atoms with Crippen LogP contribution in [-0.4, -0.2) is 31.1 Å². The van der Waals surface area contributed by atoms with E-state index in [4.69, 9.17) is 0 Å². The first-order valence-electron chi connectivity index (χ1n) is 10.8. The molecule has 1 saturated heterocycles. The van der Waals surface area contributed by atoms with Gasteiger partial charge in [0.25, 0.3) is 0 Å². The molecule has 3 aromatic rings. The summed E-state index contributed by atoms with van der Waals surface area (Å²) in [4.78, 5) is 2.79. The Bertz CT molecular complexity index is 848. The Kier molecular flexibility index (Phi) is 4.85. The van der Waals surface area contributed by atoms with Gasteiger partial charge in [-0.1, -0.05) is 67.8 Å². The summed E-state index contributed by atoms with van der Waals surface area (Å²) in [6.45, 7) is 4.56. The largest absolute Gasteiger partial charge is 0.314 e. The highest BCUT2D eigenvalue weighted by Gasteiger charge is 2.33. The lowest BCUT2D eigenvalue weighted by Crippen LogP contribution is -2.47. The Morgan fingerprint density at radius 3 is 2.00 bits per heavy atom. The Hall–Kier alpha value is -1.90. The molecular formula is C25H30N2. The minimum absolute atomic E-state index is 0.545. The number of benzene rings is 3. The molecule has 2 aliphatic rings. The number of rotatable bonds is 3. The maximum atomic E-state index is 3.56. The Labute approximate surface area is 162 Å². The van der Waals surface area contributed by atoms with Gasteiger partial charge in [-0.25, -0.2) is 0 Å². The SMILES string of the molecule is c1ccc2c([C@H](C3CCCCC3)N3CCNCC3)c3ccccc3cc2c1. The molecule has 1 saturated carbocycles. The van der Waals surface area contributed by atoms with E-state index in [0.29, 0.717) is 6.04 Å². The molecule has 2 nitrogen and oxygen atoms in total. The van der Waals surface area contributed by atoms with E-state index in [1.807, 2.05) is 0 Å². The maximum Gasteiger partial charge on any atom is 0.0389 e. The highest BCUT2D eigenvalue weighted by atomic mass is 15.2. The van der Waals surface area contributed by atoms with Crippen molar-refractivity contribution in [3.8, 4) is 0 Å². The van der Waals surface area contributed by atoms with Gasteiger partial charge in [0.1, 0.15) is 0 Å². The second-order valence-electron chi connectivity index (χ2n) is 8.36. The maximum absolute atomic E-state index is 3.56. The highest BCUT2D eigenvalue weighted by molar-refractivity contribution is 6.02. The van der Waals surface area contributed by atoms with E-state index in [9.17, 15) is 0 Å². The molecule has 5 rings (SSSR count). The molecule has 0 unspecified atom stereocenters. The fourth-order valence-electron chi connectivity index (χ4n) is 5.49. The lowest BCUT2D eigenvalue weighted by Gasteiger charge is -2.42. The summed E-state index contributed by atoms with van der Waals surface area (Å²) in [5.41, 5.74) is 1.59. The Morgan fingerprint density at radius 1 is 0.778 bits per heavy atom. The van der Waals surface area contributed by atoms with E-state index in [1.165, 1.54) is 66.7 Å². The van der Waals surface area contributed by atoms with Crippen molar-refractivity contribution in [2.24, 2.45) is 5.92 Å². The van der Waals surface area contributed by atoms with Crippen LogP contribution in [0.2, 0.25) is 0 Å². The van der Waals surface area contributed by atoms with Crippen molar-refractivity contribution in [1.82, 2.24) is 10.2 Å². The van der Waals surface area contributed by atoms with Crippen molar-refractivity contribution in [1.29, 1.82) is 0 Å². The van der Waals surface area contributed by atoms with Crippen LogP contribution in [0.4, 0.5) is 0 Å². The van der Waals surface area contributed by atoms with Crippen LogP contribution in [0.5, 0.6) is 0 Å². The van der Waals surface area contributed by atoms with Crippen LogP contribution in [0.15, 0.2) is 54.6 Å². The molecule has 1 aliphatic heterocycles. The molecular weight excluding hydrogens is 328 g/mol. The average Bonchev–Trinajstić information content (AvgIpc) is 2.75. The summed E-state index contributed by atoms with van der Waals surface area (Å²) in [6, 6.07) is 21.0. The summed E-state index contributed by atoms with van der Waals surface area (Å²) < 4.78 is 0. The molecule has 0 amide bonds. The molecule has 1 N–H and O–H groups in total. The van der Waals surface area contributed by atoms with Gasteiger partial charge >= 0.3 is 0 Å². The predicted octanol–water partition coefficient (Wildman–Crippen LogP) is 5.52. The Balaban J connectivity index is 1.74. The van der Waals surface area contributed by atoms with Gasteiger partial charge in [-0.05, 0) is 51.9 Å². The second-order valence-corrected chi connectivity index (χ2v) is 8.36. The minimum Gasteiger partial charge on any atom is -0.314 e. The van der Waals surface area contributed by atoms with Crippen LogP contribution in [-0.2, 0) is 0 Å². The van der Waals surface area contributed by atoms with Crippen molar-refractivity contribution in [2.75, 3.05) is 26.2 Å². The smallest absolute Gasteiger partial charge is 0.0389 e. The first-order valence-corrected chi connectivity index (χ1v) is 10.8. The van der Waals surface area contributed by atoms with E-state index in [-0.39, 0.29) is 0 Å². The number of hydrogen-bond donors (Lipinski definition) is 1. The lowest BCUT2D eigenvalue weighted by atomic mass is 9.77. The van der Waals surface area contributed by atoms with Crippen molar-refractivity contribution >= 4 is 21.5 Å². The molecule has 2 fully saturated rings. The average molecular weight is 359 g/mol. The van der Waals surface area contributed by atoms with Crippen LogP contribution in [0.3, 0.4) is 0 Å². The molecule has 1 aliphatic carbocycles. The zero-order valence-electron chi connectivity index (χ0n) is 16.2. The minimum atomic E-state index is 0.545. The molecule has 0 bridgehead atoms. The molecule has 0 spiro atoms. The third-order valence-corrected chi connectivity index (χ3v) is 6.75. The summed E-state index contributed by atoms with van der Waals surface area (Å²) in [6.07, 6.45) is 6.98. The van der Waals surface area contributed by atoms with Crippen molar-refractivity contribution in [3.63, 3.8) is 0 Å². The van der Waals surface area contributed by atoms with E-state index in [1.54, 1.807) is 5.56 Å². The van der Waals surface area contributed by atoms with Gasteiger partial charge in [0.05, 0.1) is 0 Å². The fraction of sp³-hybridized carbons (Fsp3) is 0.440. The van der Waals surface area contributed by atoms with Gasteiger partial charge in [0.15, 0.2) is 0 Å². The quantitative estimate of drug-likeness (QED) is 0.620. The molecule has 140 valence electrons. The van der Waals surface area contributed by atoms with E-state index < -0.39 is 0 Å². The molecule has 27 heavy (non-hydrogen) atoms. The molecule has 2 heteroatoms. The standard InChI is InChI=1S/C25H30N2/c1-2-8-19(9-3-1)25(27-16-14-26-15-17-27)24-22-12-6-4-10-20(22)18-21-11-5-7-13-23(21)24/h4-7,10-13,18-19,25-26H,1-3,8-9,14-17H2/t25-/m0/s1. The summed E-state index contributed by atoms with van der Waals surface area (Å²) >= 11 is 0. The zero-order valence-corrected chi connectivity index (χ0v) is 16.2. The van der Waals surface area contributed by atoms with Crippen LogP contribution in [0, 0.1) is 5.92 Å². The van der Waals surface area contributed by atoms with E-state index in [0.717, 1.165) is 19.0 Å². The lowest BCUT2D eigenvalue weighted by molar-refractivity contribution is 0.105. The van der Waals surface area contributed by atoms with Gasteiger partial charge < -0.3 is 5.32 Å². The number of piperazine rings is 1. The summed E-state index contributed by atoms with van der Waals surface area (Å²) in [5.74, 6) is 0.783. The highest BCUT2D eigenvalue weighted by Crippen LogP contribution is 2.44. The number of nitrogens with zero attached hydrogens (tertiary/aromatic N) is 1. The fourth-order valence-corrected chi connectivity index (χ4v) is 5.49. The molecule has 1 atom stereocenters. The van der Waals surface area contributed by atoms with E-state index >= 15 is 0 Å². The van der Waals surface area contributed by atoms with Gasteiger partial charge in [-0.2, -0.15) is 0 Å².